The number of rotatable bonds is 5. The summed E-state index contributed by atoms with van der Waals surface area (Å²) in [5, 5.41) is 12.4. The van der Waals surface area contributed by atoms with Crippen LogP contribution >= 0.6 is 11.8 Å². The van der Waals surface area contributed by atoms with Crippen molar-refractivity contribution in [2.45, 2.75) is 12.5 Å². The van der Waals surface area contributed by atoms with Crippen LogP contribution in [-0.4, -0.2) is 35.7 Å². The van der Waals surface area contributed by atoms with E-state index in [0.29, 0.717) is 0 Å². The first-order chi connectivity index (χ1) is 8.70. The number of hydrogen-bond donors (Lipinski definition) is 2. The molecule has 0 amide bonds. The van der Waals surface area contributed by atoms with Gasteiger partial charge in [-0.25, -0.2) is 4.79 Å². The van der Waals surface area contributed by atoms with Gasteiger partial charge in [0.1, 0.15) is 11.8 Å². The number of ether oxygens (including phenoxy) is 1. The Balaban J connectivity index is 2.10. The van der Waals surface area contributed by atoms with Crippen LogP contribution < -0.4 is 10.1 Å². The number of carboxylic acids is 1. The van der Waals surface area contributed by atoms with E-state index in [2.05, 4.69) is 5.32 Å². The number of anilines is 1. The van der Waals surface area contributed by atoms with Crippen molar-refractivity contribution in [2.75, 3.05) is 23.9 Å². The average molecular weight is 267 g/mol. The van der Waals surface area contributed by atoms with Gasteiger partial charge in [-0.05, 0) is 36.0 Å². The highest BCUT2D eigenvalue weighted by Gasteiger charge is 2.30. The van der Waals surface area contributed by atoms with E-state index in [-0.39, 0.29) is 5.92 Å². The van der Waals surface area contributed by atoms with E-state index >= 15 is 0 Å². The Morgan fingerprint density at radius 1 is 1.61 bits per heavy atom. The predicted molar refractivity (Wildman–Crippen MR) is 73.5 cm³/mol. The van der Waals surface area contributed by atoms with Crippen LogP contribution in [0, 0.1) is 5.92 Å². The molecule has 0 spiro atoms. The summed E-state index contributed by atoms with van der Waals surface area (Å²) in [5.74, 6) is 2.09. The van der Waals surface area contributed by atoms with Crippen LogP contribution in [0.2, 0.25) is 0 Å². The SMILES string of the molecule is COc1cccc(NC(C(=O)O)C2CCSC2)c1. The molecule has 1 heterocycles. The minimum atomic E-state index is -0.787. The molecule has 0 aromatic heterocycles. The van der Waals surface area contributed by atoms with Crippen molar-refractivity contribution in [1.29, 1.82) is 0 Å². The van der Waals surface area contributed by atoms with Crippen LogP contribution in [0.3, 0.4) is 0 Å². The Morgan fingerprint density at radius 3 is 3.06 bits per heavy atom. The maximum Gasteiger partial charge on any atom is 0.326 e. The van der Waals surface area contributed by atoms with Gasteiger partial charge in [-0.3, -0.25) is 0 Å². The molecule has 1 fully saturated rings. The second-order valence-electron chi connectivity index (χ2n) is 4.32. The molecule has 2 unspecified atom stereocenters. The Kier molecular flexibility index (Phi) is 4.36. The number of hydrogen-bond acceptors (Lipinski definition) is 4. The van der Waals surface area contributed by atoms with E-state index in [0.717, 1.165) is 29.4 Å². The molecule has 1 aromatic rings. The lowest BCUT2D eigenvalue weighted by Crippen LogP contribution is -2.37. The van der Waals surface area contributed by atoms with E-state index in [4.69, 9.17) is 4.74 Å². The number of methoxy groups -OCH3 is 1. The molecule has 0 bridgehead atoms. The quantitative estimate of drug-likeness (QED) is 0.857. The highest BCUT2D eigenvalue weighted by atomic mass is 32.2. The van der Waals surface area contributed by atoms with Crippen LogP contribution in [-0.2, 0) is 4.79 Å². The van der Waals surface area contributed by atoms with Crippen molar-refractivity contribution in [2.24, 2.45) is 5.92 Å². The number of nitrogens with one attached hydrogen (secondary N) is 1. The lowest BCUT2D eigenvalue weighted by Gasteiger charge is -2.21. The largest absolute Gasteiger partial charge is 0.497 e. The highest BCUT2D eigenvalue weighted by Crippen LogP contribution is 2.28. The zero-order chi connectivity index (χ0) is 13.0. The molecular weight excluding hydrogens is 250 g/mol. The van der Waals surface area contributed by atoms with Crippen molar-refractivity contribution in [3.8, 4) is 5.75 Å². The Morgan fingerprint density at radius 2 is 2.44 bits per heavy atom. The van der Waals surface area contributed by atoms with Gasteiger partial charge < -0.3 is 15.2 Å². The lowest BCUT2D eigenvalue weighted by atomic mass is 9.99. The summed E-state index contributed by atoms with van der Waals surface area (Å²) in [7, 11) is 1.60. The first kappa shape index (κ1) is 13.1. The Bertz CT molecular complexity index is 418. The van der Waals surface area contributed by atoms with E-state index in [1.807, 2.05) is 36.0 Å². The molecule has 0 saturated carbocycles. The molecule has 98 valence electrons. The molecule has 1 saturated heterocycles. The normalized spacial score (nSPS) is 20.4. The van der Waals surface area contributed by atoms with Crippen molar-refractivity contribution >= 4 is 23.4 Å². The zero-order valence-corrected chi connectivity index (χ0v) is 11.1. The third kappa shape index (κ3) is 3.10. The summed E-state index contributed by atoms with van der Waals surface area (Å²) in [6, 6.07) is 6.85. The number of thioether (sulfide) groups is 1. The first-order valence-electron chi connectivity index (χ1n) is 5.92. The van der Waals surface area contributed by atoms with Gasteiger partial charge in [-0.1, -0.05) is 6.07 Å². The fourth-order valence-corrected chi connectivity index (χ4v) is 3.39. The molecule has 18 heavy (non-hydrogen) atoms. The third-order valence-corrected chi connectivity index (χ3v) is 4.28. The molecule has 1 aliphatic rings. The van der Waals surface area contributed by atoms with Gasteiger partial charge in [0, 0.05) is 11.8 Å². The van der Waals surface area contributed by atoms with Gasteiger partial charge in [0.15, 0.2) is 0 Å². The van der Waals surface area contributed by atoms with Gasteiger partial charge in [0.05, 0.1) is 7.11 Å². The Labute approximate surface area is 111 Å². The maximum absolute atomic E-state index is 11.3. The summed E-state index contributed by atoms with van der Waals surface area (Å²) in [6.45, 7) is 0. The fraction of sp³-hybridized carbons (Fsp3) is 0.462. The summed E-state index contributed by atoms with van der Waals surface area (Å²) >= 11 is 1.82. The van der Waals surface area contributed by atoms with Gasteiger partial charge in [-0.15, -0.1) is 0 Å². The van der Waals surface area contributed by atoms with Crippen LogP contribution in [0.4, 0.5) is 5.69 Å². The molecule has 0 radical (unpaired) electrons. The number of carboxylic acid groups (broad SMARTS) is 1. The summed E-state index contributed by atoms with van der Waals surface area (Å²) in [6.07, 6.45) is 0.957. The molecule has 0 aliphatic carbocycles. The third-order valence-electron chi connectivity index (χ3n) is 3.09. The molecular formula is C13H17NO3S. The van der Waals surface area contributed by atoms with Crippen molar-refractivity contribution in [3.63, 3.8) is 0 Å². The van der Waals surface area contributed by atoms with Crippen molar-refractivity contribution in [1.82, 2.24) is 0 Å². The van der Waals surface area contributed by atoms with Gasteiger partial charge >= 0.3 is 5.97 Å². The second-order valence-corrected chi connectivity index (χ2v) is 5.47. The highest BCUT2D eigenvalue weighted by molar-refractivity contribution is 7.99. The average Bonchev–Trinajstić information content (AvgIpc) is 2.89. The molecule has 2 N–H and O–H groups in total. The van der Waals surface area contributed by atoms with Crippen LogP contribution in [0.25, 0.3) is 0 Å². The van der Waals surface area contributed by atoms with Crippen LogP contribution in [0.5, 0.6) is 5.75 Å². The summed E-state index contributed by atoms with van der Waals surface area (Å²) in [5.41, 5.74) is 0.790. The van der Waals surface area contributed by atoms with Crippen LogP contribution in [0.15, 0.2) is 24.3 Å². The van der Waals surface area contributed by atoms with E-state index in [9.17, 15) is 9.90 Å². The maximum atomic E-state index is 11.3. The lowest BCUT2D eigenvalue weighted by molar-refractivity contribution is -0.138. The topological polar surface area (TPSA) is 58.6 Å². The monoisotopic (exact) mass is 267 g/mol. The minimum Gasteiger partial charge on any atom is -0.497 e. The fourth-order valence-electron chi connectivity index (χ4n) is 2.09. The second kappa shape index (κ2) is 6.00. The van der Waals surface area contributed by atoms with E-state index in [1.165, 1.54) is 0 Å². The smallest absolute Gasteiger partial charge is 0.326 e. The predicted octanol–water partition coefficient (Wildman–Crippen LogP) is 2.31. The van der Waals surface area contributed by atoms with Crippen molar-refractivity contribution in [3.05, 3.63) is 24.3 Å². The summed E-state index contributed by atoms with van der Waals surface area (Å²) in [4.78, 5) is 11.3. The zero-order valence-electron chi connectivity index (χ0n) is 10.3. The molecule has 2 atom stereocenters. The molecule has 1 aliphatic heterocycles. The summed E-state index contributed by atoms with van der Waals surface area (Å²) < 4.78 is 5.13. The van der Waals surface area contributed by atoms with E-state index < -0.39 is 12.0 Å². The minimum absolute atomic E-state index is 0.193. The molecule has 5 heteroatoms. The van der Waals surface area contributed by atoms with Crippen molar-refractivity contribution < 1.29 is 14.6 Å². The van der Waals surface area contributed by atoms with Gasteiger partial charge in [-0.2, -0.15) is 11.8 Å². The Hall–Kier alpha value is -1.36. The molecule has 1 aromatic carbocycles. The number of benzene rings is 1. The van der Waals surface area contributed by atoms with E-state index in [1.54, 1.807) is 7.11 Å². The van der Waals surface area contributed by atoms with Gasteiger partial charge in [0.25, 0.3) is 0 Å². The van der Waals surface area contributed by atoms with Gasteiger partial charge in [0.2, 0.25) is 0 Å². The van der Waals surface area contributed by atoms with Crippen LogP contribution in [0.1, 0.15) is 6.42 Å². The molecule has 4 nitrogen and oxygen atoms in total. The molecule has 2 rings (SSSR count). The standard InChI is InChI=1S/C13H17NO3S/c1-17-11-4-2-3-10(7-11)14-12(13(15)16)9-5-6-18-8-9/h2-4,7,9,12,14H,5-6,8H2,1H3,(H,15,16). The number of aliphatic carboxylic acids is 1. The number of carbonyl (C=O) groups is 1. The first-order valence-corrected chi connectivity index (χ1v) is 7.07.